The normalized spacial score (nSPS) is 12.9. The number of carbonyl (C=O) groups is 1. The van der Waals surface area contributed by atoms with Gasteiger partial charge in [0.05, 0.1) is 16.8 Å². The van der Waals surface area contributed by atoms with Gasteiger partial charge >= 0.3 is 0 Å². The average molecular weight is 483 g/mol. The Bertz CT molecular complexity index is 1570. The molecule has 0 fully saturated rings. The third-order valence-corrected chi connectivity index (χ3v) is 6.91. The molecule has 0 saturated heterocycles. The molecule has 4 heterocycles. The molecule has 172 valence electrons. The number of amides is 1. The zero-order valence-corrected chi connectivity index (χ0v) is 19.3. The summed E-state index contributed by atoms with van der Waals surface area (Å²) in [5.41, 5.74) is 5.87. The molecule has 2 aromatic carbocycles. The van der Waals surface area contributed by atoms with E-state index in [9.17, 15) is 9.18 Å². The fourth-order valence-electron chi connectivity index (χ4n) is 4.25. The van der Waals surface area contributed by atoms with E-state index in [4.69, 9.17) is 4.74 Å². The maximum atomic E-state index is 14.1. The molecule has 1 aliphatic rings. The molecule has 35 heavy (non-hydrogen) atoms. The van der Waals surface area contributed by atoms with Crippen LogP contribution in [0, 0.1) is 5.82 Å². The molecular weight excluding hydrogens is 463 g/mol. The lowest BCUT2D eigenvalue weighted by atomic mass is 9.96. The van der Waals surface area contributed by atoms with Gasteiger partial charge in [-0.1, -0.05) is 18.2 Å². The minimum absolute atomic E-state index is 0.0370. The summed E-state index contributed by atoms with van der Waals surface area (Å²) in [6.45, 7) is 0.717. The quantitative estimate of drug-likeness (QED) is 0.367. The van der Waals surface area contributed by atoms with Gasteiger partial charge in [-0.2, -0.15) is 0 Å². The van der Waals surface area contributed by atoms with Crippen molar-refractivity contribution < 1.29 is 13.9 Å². The highest BCUT2D eigenvalue weighted by molar-refractivity contribution is 7.17. The van der Waals surface area contributed by atoms with E-state index in [-0.39, 0.29) is 12.5 Å². The number of thiophene rings is 1. The molecule has 6 rings (SSSR count). The molecule has 1 N–H and O–H groups in total. The second-order valence-electron chi connectivity index (χ2n) is 8.25. The van der Waals surface area contributed by atoms with Crippen LogP contribution < -0.4 is 10.1 Å². The molecule has 0 radical (unpaired) electrons. The van der Waals surface area contributed by atoms with Gasteiger partial charge in [-0.15, -0.1) is 21.5 Å². The van der Waals surface area contributed by atoms with Crippen LogP contribution in [0.1, 0.15) is 16.8 Å². The maximum absolute atomic E-state index is 14.1. The summed E-state index contributed by atoms with van der Waals surface area (Å²) in [6, 6.07) is 18.1. The summed E-state index contributed by atoms with van der Waals surface area (Å²) in [5.74, 6) is 0.0323. The molecule has 0 bridgehead atoms. The maximum Gasteiger partial charge on any atom is 0.224 e. The van der Waals surface area contributed by atoms with Crippen molar-refractivity contribution in [1.82, 2.24) is 20.5 Å². The molecule has 5 aromatic rings. The van der Waals surface area contributed by atoms with E-state index in [0.29, 0.717) is 30.0 Å². The Balaban J connectivity index is 1.40. The number of nitrogens with zero attached hydrogens (tertiary/aromatic N) is 3. The summed E-state index contributed by atoms with van der Waals surface area (Å²) in [5, 5.41) is 15.0. The minimum Gasteiger partial charge on any atom is -0.486 e. The van der Waals surface area contributed by atoms with Crippen molar-refractivity contribution in [2.24, 2.45) is 0 Å². The first kappa shape index (κ1) is 21.4. The Hall–Kier alpha value is -4.17. The van der Waals surface area contributed by atoms with E-state index in [2.05, 4.69) is 26.6 Å². The van der Waals surface area contributed by atoms with Crippen LogP contribution in [0.2, 0.25) is 0 Å². The lowest BCUT2D eigenvalue weighted by molar-refractivity contribution is -0.121. The molecule has 1 amide bonds. The van der Waals surface area contributed by atoms with Gasteiger partial charge in [0.15, 0.2) is 0 Å². The van der Waals surface area contributed by atoms with Crippen molar-refractivity contribution >= 4 is 27.3 Å². The van der Waals surface area contributed by atoms with E-state index >= 15 is 0 Å². The van der Waals surface area contributed by atoms with Gasteiger partial charge in [-0.3, -0.25) is 9.78 Å². The largest absolute Gasteiger partial charge is 0.486 e. The first-order chi connectivity index (χ1) is 17.2. The van der Waals surface area contributed by atoms with Gasteiger partial charge in [-0.05, 0) is 52.9 Å². The summed E-state index contributed by atoms with van der Waals surface area (Å²) in [7, 11) is 0. The molecule has 8 heteroatoms. The molecular formula is C27H19FN4O2S. The first-order valence-corrected chi connectivity index (χ1v) is 12.0. The van der Waals surface area contributed by atoms with Gasteiger partial charge in [-0.25, -0.2) is 4.39 Å². The van der Waals surface area contributed by atoms with E-state index in [1.807, 2.05) is 41.8 Å². The number of hydrogen-bond acceptors (Lipinski definition) is 6. The number of pyridine rings is 1. The van der Waals surface area contributed by atoms with Crippen molar-refractivity contribution in [3.63, 3.8) is 0 Å². The highest BCUT2D eigenvalue weighted by Gasteiger charge is 2.20. The van der Waals surface area contributed by atoms with E-state index in [1.54, 1.807) is 23.6 Å². The lowest BCUT2D eigenvalue weighted by Crippen LogP contribution is -2.30. The fraction of sp³-hybridized carbons (Fsp3) is 0.111. The average Bonchev–Trinajstić information content (AvgIpc) is 3.38. The number of aromatic nitrogens is 3. The Morgan fingerprint density at radius 1 is 1.00 bits per heavy atom. The molecule has 3 aromatic heterocycles. The number of benzene rings is 2. The zero-order chi connectivity index (χ0) is 23.8. The number of rotatable bonds is 5. The molecule has 1 aliphatic heterocycles. The summed E-state index contributed by atoms with van der Waals surface area (Å²) < 4.78 is 21.0. The lowest BCUT2D eigenvalue weighted by Gasteiger charge is -2.17. The predicted octanol–water partition coefficient (Wildman–Crippen LogP) is 5.31. The molecule has 0 saturated carbocycles. The number of ether oxygens (including phenoxy) is 1. The first-order valence-electron chi connectivity index (χ1n) is 11.1. The topological polar surface area (TPSA) is 77.0 Å². The molecule has 0 unspecified atom stereocenters. The second-order valence-corrected chi connectivity index (χ2v) is 9.16. The highest BCUT2D eigenvalue weighted by Crippen LogP contribution is 2.39. The van der Waals surface area contributed by atoms with Crippen LogP contribution in [-0.4, -0.2) is 21.1 Å². The number of fused-ring (bicyclic) bond motifs is 2. The van der Waals surface area contributed by atoms with Gasteiger partial charge < -0.3 is 10.1 Å². The van der Waals surface area contributed by atoms with E-state index in [1.165, 1.54) is 12.1 Å². The Labute approximate surface area is 204 Å². The van der Waals surface area contributed by atoms with Gasteiger partial charge in [0, 0.05) is 35.3 Å². The van der Waals surface area contributed by atoms with Gasteiger partial charge in [0.25, 0.3) is 0 Å². The molecule has 6 nitrogen and oxygen atoms in total. The van der Waals surface area contributed by atoms with Crippen molar-refractivity contribution in [3.8, 4) is 28.3 Å². The Morgan fingerprint density at radius 3 is 2.80 bits per heavy atom. The van der Waals surface area contributed by atoms with Crippen molar-refractivity contribution in [2.45, 2.75) is 19.6 Å². The summed E-state index contributed by atoms with van der Waals surface area (Å²) in [6.07, 6.45) is 2.08. The van der Waals surface area contributed by atoms with Crippen molar-refractivity contribution in [2.75, 3.05) is 0 Å². The third-order valence-electron chi connectivity index (χ3n) is 5.99. The van der Waals surface area contributed by atoms with Crippen LogP contribution in [0.15, 0.2) is 72.2 Å². The Morgan fingerprint density at radius 2 is 1.91 bits per heavy atom. The predicted molar refractivity (Wildman–Crippen MR) is 132 cm³/mol. The smallest absolute Gasteiger partial charge is 0.224 e. The third kappa shape index (κ3) is 4.13. The fourth-order valence-corrected chi connectivity index (χ4v) is 5.15. The van der Waals surface area contributed by atoms with Crippen LogP contribution in [-0.2, 0) is 24.4 Å². The number of halogens is 1. The van der Waals surface area contributed by atoms with Crippen molar-refractivity contribution in [1.29, 1.82) is 0 Å². The highest BCUT2D eigenvalue weighted by atomic mass is 32.1. The standard InChI is InChI=1S/C27H19FN4O2S/c28-19-6-7-21(23(13-19)34-15-20-3-1-2-9-29-20)26-27-22(8-10-35-27)25(31-32-26)17-5-4-16-12-24(33)30-14-18(16)11-17/h1-11,13H,12,14-15H2,(H,30,33). The zero-order valence-electron chi connectivity index (χ0n) is 18.5. The monoisotopic (exact) mass is 482 g/mol. The van der Waals surface area contributed by atoms with E-state index < -0.39 is 5.82 Å². The minimum atomic E-state index is -0.391. The van der Waals surface area contributed by atoms with Crippen LogP contribution in [0.3, 0.4) is 0 Å². The number of carbonyl (C=O) groups excluding carboxylic acids is 1. The molecule has 0 spiro atoms. The summed E-state index contributed by atoms with van der Waals surface area (Å²) in [4.78, 5) is 16.0. The number of nitrogens with one attached hydrogen (secondary N) is 1. The van der Waals surface area contributed by atoms with Gasteiger partial charge in [0.1, 0.15) is 29.6 Å². The number of hydrogen-bond donors (Lipinski definition) is 1. The van der Waals surface area contributed by atoms with E-state index in [0.717, 1.165) is 38.2 Å². The van der Waals surface area contributed by atoms with Crippen LogP contribution in [0.25, 0.3) is 32.6 Å². The summed E-state index contributed by atoms with van der Waals surface area (Å²) >= 11 is 1.55. The molecule has 0 atom stereocenters. The second kappa shape index (κ2) is 8.88. The van der Waals surface area contributed by atoms with Crippen molar-refractivity contribution in [3.05, 3.63) is 94.9 Å². The van der Waals surface area contributed by atoms with Crippen LogP contribution >= 0.6 is 11.3 Å². The Kier molecular flexibility index (Phi) is 5.42. The molecule has 0 aliphatic carbocycles. The SMILES string of the molecule is O=C1Cc2ccc(-c3nnc(-c4ccc(F)cc4OCc4ccccn4)c4sccc34)cc2CN1. The van der Waals surface area contributed by atoms with Crippen LogP contribution in [0.5, 0.6) is 5.75 Å². The van der Waals surface area contributed by atoms with Gasteiger partial charge in [0.2, 0.25) is 5.91 Å². The van der Waals surface area contributed by atoms with Crippen LogP contribution in [0.4, 0.5) is 4.39 Å².